The molecule has 252 valence electrons. The first-order valence-corrected chi connectivity index (χ1v) is 18.0. The Morgan fingerprint density at radius 1 is 0.429 bits per heavy atom. The van der Waals surface area contributed by atoms with Crippen molar-refractivity contribution in [1.29, 1.82) is 0 Å². The molecule has 0 aliphatic carbocycles. The van der Waals surface area contributed by atoms with E-state index in [9.17, 15) is 4.57 Å². The number of nitrogens with zero attached hydrogens (tertiary/aromatic N) is 1. The van der Waals surface area contributed by atoms with Crippen LogP contribution in [0.4, 0.5) is 5.69 Å². The molecule has 0 saturated heterocycles. The van der Waals surface area contributed by atoms with Crippen LogP contribution in [0.15, 0.2) is 170 Å². The van der Waals surface area contributed by atoms with Gasteiger partial charge in [0, 0.05) is 25.8 Å². The smallest absolute Gasteiger partial charge is 0.230 e. The van der Waals surface area contributed by atoms with Crippen LogP contribution in [0, 0.1) is 20.8 Å². The van der Waals surface area contributed by atoms with Crippen LogP contribution in [0.2, 0.25) is 0 Å². The number of benzene rings is 6. The molecule has 0 fully saturated rings. The monoisotopic (exact) mass is 830 g/mol. The molecule has 0 heterocycles. The Morgan fingerprint density at radius 3 is 0.918 bits per heavy atom. The SMILES string of the molecule is CC(C)c1cccc(C(C)C)c1[N-]P(=[OH+])(c1ccccc1)c1ccccc1.[CH2-]c1ccccc1.[CH2-]c1ccccc1.[CH2-]c1ccccc1.[Hf]. The van der Waals surface area contributed by atoms with Gasteiger partial charge in [-0.1, -0.05) is 112 Å². The van der Waals surface area contributed by atoms with E-state index >= 15 is 0 Å². The van der Waals surface area contributed by atoms with E-state index in [-0.39, 0.29) is 25.8 Å². The van der Waals surface area contributed by atoms with Crippen LogP contribution in [-0.2, 0) is 25.8 Å². The summed E-state index contributed by atoms with van der Waals surface area (Å²) >= 11 is 0. The molecule has 6 aromatic carbocycles. The van der Waals surface area contributed by atoms with E-state index < -0.39 is 7.29 Å². The van der Waals surface area contributed by atoms with Gasteiger partial charge in [-0.15, -0.1) is 42.1 Å². The van der Waals surface area contributed by atoms with Crippen LogP contribution in [0.5, 0.6) is 0 Å². The van der Waals surface area contributed by atoms with Crippen LogP contribution >= 0.6 is 7.29 Å². The zero-order valence-corrected chi connectivity index (χ0v) is 33.8. The minimum Gasteiger partial charge on any atom is -0.576 e. The zero-order chi connectivity index (χ0) is 34.8. The second kappa shape index (κ2) is 21.7. The fourth-order valence-corrected chi connectivity index (χ4v) is 6.97. The van der Waals surface area contributed by atoms with Gasteiger partial charge < -0.3 is 9.65 Å². The van der Waals surface area contributed by atoms with Crippen molar-refractivity contribution >= 4 is 23.6 Å². The molecule has 0 atom stereocenters. The maximum absolute atomic E-state index is 12.0. The normalized spacial score (nSPS) is 10.2. The van der Waals surface area contributed by atoms with Crippen LogP contribution in [0.3, 0.4) is 0 Å². The number of hydrogen-bond donors (Lipinski definition) is 0. The van der Waals surface area contributed by atoms with E-state index in [4.69, 9.17) is 5.09 Å². The molecule has 1 N–H and O–H groups in total. The molecular formula is C45H49HfNOP-3. The van der Waals surface area contributed by atoms with Gasteiger partial charge in [-0.25, -0.2) is 0 Å². The van der Waals surface area contributed by atoms with Crippen molar-refractivity contribution in [3.63, 3.8) is 0 Å². The summed E-state index contributed by atoms with van der Waals surface area (Å²) in [5, 5.41) is 6.90. The first kappa shape index (κ1) is 41.0. The fourth-order valence-electron chi connectivity index (χ4n) is 4.74. The Morgan fingerprint density at radius 2 is 0.694 bits per heavy atom. The molecule has 0 aliphatic heterocycles. The first-order valence-electron chi connectivity index (χ1n) is 16.3. The Bertz CT molecular complexity index is 1620. The quantitative estimate of drug-likeness (QED) is 0.0694. The van der Waals surface area contributed by atoms with E-state index in [1.807, 2.05) is 152 Å². The maximum atomic E-state index is 12.0. The molecule has 0 spiro atoms. The van der Waals surface area contributed by atoms with Crippen molar-refractivity contribution < 1.29 is 30.4 Å². The average molecular weight is 829 g/mol. The maximum Gasteiger partial charge on any atom is 0.230 e. The Kier molecular flexibility index (Phi) is 18.2. The van der Waals surface area contributed by atoms with Gasteiger partial charge in [0.2, 0.25) is 7.29 Å². The number of rotatable bonds is 6. The van der Waals surface area contributed by atoms with Crippen molar-refractivity contribution in [2.75, 3.05) is 0 Å². The third-order valence-corrected chi connectivity index (χ3v) is 9.87. The minimum atomic E-state index is -2.90. The second-order valence-electron chi connectivity index (χ2n) is 11.9. The fraction of sp³-hybridized carbons (Fsp3) is 0.133. The summed E-state index contributed by atoms with van der Waals surface area (Å²) in [4.78, 5) is 0. The Hall–Kier alpha value is -4.17. The molecule has 0 unspecified atom stereocenters. The van der Waals surface area contributed by atoms with E-state index in [1.54, 1.807) is 0 Å². The summed E-state index contributed by atoms with van der Waals surface area (Å²) < 4.78 is 12.0. The molecule has 0 radical (unpaired) electrons. The molecule has 2 nitrogen and oxygen atoms in total. The van der Waals surface area contributed by atoms with Gasteiger partial charge in [0.1, 0.15) is 0 Å². The molecular weight excluding hydrogens is 780 g/mol. The van der Waals surface area contributed by atoms with Crippen LogP contribution in [-0.4, -0.2) is 4.57 Å². The van der Waals surface area contributed by atoms with Gasteiger partial charge in [0.15, 0.2) is 0 Å². The van der Waals surface area contributed by atoms with E-state index in [1.165, 1.54) is 11.1 Å². The van der Waals surface area contributed by atoms with Gasteiger partial charge >= 0.3 is 0 Å². The van der Waals surface area contributed by atoms with Crippen molar-refractivity contribution in [2.45, 2.75) is 39.5 Å². The predicted molar refractivity (Wildman–Crippen MR) is 211 cm³/mol. The van der Waals surface area contributed by atoms with Gasteiger partial charge in [-0.3, -0.25) is 0 Å². The third kappa shape index (κ3) is 13.7. The summed E-state index contributed by atoms with van der Waals surface area (Å²) in [6.07, 6.45) is 0. The van der Waals surface area contributed by atoms with E-state index in [0.717, 1.165) is 33.0 Å². The minimum absolute atomic E-state index is 0. The van der Waals surface area contributed by atoms with Gasteiger partial charge in [0.25, 0.3) is 0 Å². The number of hydrogen-bond acceptors (Lipinski definition) is 0. The summed E-state index contributed by atoms with van der Waals surface area (Å²) in [6, 6.07) is 55.7. The zero-order valence-electron chi connectivity index (χ0n) is 29.3. The summed E-state index contributed by atoms with van der Waals surface area (Å²) in [6.45, 7) is 19.9. The second-order valence-corrected chi connectivity index (χ2v) is 14.4. The molecule has 0 amide bonds. The largest absolute Gasteiger partial charge is 0.576 e. The Labute approximate surface area is 315 Å². The van der Waals surface area contributed by atoms with E-state index in [0.29, 0.717) is 11.8 Å². The van der Waals surface area contributed by atoms with Crippen molar-refractivity contribution in [3.8, 4) is 0 Å². The van der Waals surface area contributed by atoms with E-state index in [2.05, 4.69) is 66.7 Å². The molecule has 0 aliphatic rings. The molecule has 0 aromatic heterocycles. The molecule has 4 heteroatoms. The van der Waals surface area contributed by atoms with Crippen LogP contribution in [0.25, 0.3) is 5.09 Å². The van der Waals surface area contributed by atoms with Gasteiger partial charge in [-0.05, 0) is 36.1 Å². The molecule has 49 heavy (non-hydrogen) atoms. The standard InChI is InChI=1S/C24H27NOP.3C7H7.Hf/c1-18(2)22-16-11-17-23(19(3)4)24(22)25-27(26,20-12-7-5-8-13-20)21-14-9-6-10-15-21;3*1-7-5-3-2-4-6-7;/h5-19H,1-4H3;3*2-6H,1H2;/q4*-1;/p+1. The van der Waals surface area contributed by atoms with Crippen LogP contribution in [0.1, 0.15) is 67.3 Å². The average Bonchev–Trinajstić information content (AvgIpc) is 3.11. The third-order valence-electron chi connectivity index (χ3n) is 7.35. The summed E-state index contributed by atoms with van der Waals surface area (Å²) in [5.74, 6) is 0.671. The molecule has 6 rings (SSSR count). The van der Waals surface area contributed by atoms with Crippen molar-refractivity contribution in [1.82, 2.24) is 0 Å². The predicted octanol–water partition coefficient (Wildman–Crippen LogP) is 12.4. The Balaban J connectivity index is 0.000000303. The molecule has 0 bridgehead atoms. The first-order chi connectivity index (χ1) is 23.1. The molecule has 0 saturated carbocycles. The molecule has 6 aromatic rings. The summed E-state index contributed by atoms with van der Waals surface area (Å²) in [7, 11) is -2.90. The van der Waals surface area contributed by atoms with Gasteiger partial charge in [0.05, 0.1) is 10.6 Å². The summed E-state index contributed by atoms with van der Waals surface area (Å²) in [5.41, 5.74) is 6.54. The van der Waals surface area contributed by atoms with Crippen molar-refractivity contribution in [3.05, 3.63) is 224 Å². The van der Waals surface area contributed by atoms with Crippen molar-refractivity contribution in [2.24, 2.45) is 0 Å². The van der Waals surface area contributed by atoms with Crippen LogP contribution < -0.4 is 10.6 Å². The topological polar surface area (TPSA) is 35.5 Å². The van der Waals surface area contributed by atoms with Gasteiger partial charge in [-0.2, -0.15) is 73.9 Å².